The van der Waals surface area contributed by atoms with Gasteiger partial charge in [0, 0.05) is 48.8 Å². The van der Waals surface area contributed by atoms with E-state index in [1.54, 1.807) is 0 Å². The standard InChI is InChI=1S/C21H29N5O/c1-15-13-16(2)23-21(22-15)25-20-7-3-6-19(24-20)17-5-4-10-26(14-17)18-8-11-27-12-9-18/h3,6-7,13,17-18H,4-5,8-12,14H2,1-2H3,(H,22,23,24,25)/t17-/m1/s1. The summed E-state index contributed by atoms with van der Waals surface area (Å²) in [6.07, 6.45) is 4.76. The van der Waals surface area contributed by atoms with Crippen molar-refractivity contribution in [2.24, 2.45) is 0 Å². The van der Waals surface area contributed by atoms with Crippen molar-refractivity contribution in [1.29, 1.82) is 0 Å². The monoisotopic (exact) mass is 367 g/mol. The number of pyridine rings is 1. The van der Waals surface area contributed by atoms with Crippen LogP contribution < -0.4 is 5.32 Å². The number of rotatable bonds is 4. The number of hydrogen-bond acceptors (Lipinski definition) is 6. The lowest BCUT2D eigenvalue weighted by atomic mass is 9.92. The molecule has 6 heteroatoms. The van der Waals surface area contributed by atoms with Gasteiger partial charge in [0.25, 0.3) is 0 Å². The summed E-state index contributed by atoms with van der Waals surface area (Å²) >= 11 is 0. The van der Waals surface area contributed by atoms with E-state index in [1.807, 2.05) is 26.0 Å². The lowest BCUT2D eigenvalue weighted by Crippen LogP contribution is -2.44. The first-order valence-electron chi connectivity index (χ1n) is 10.1. The summed E-state index contributed by atoms with van der Waals surface area (Å²) in [7, 11) is 0. The van der Waals surface area contributed by atoms with Crippen LogP contribution in [0.15, 0.2) is 24.3 Å². The molecule has 27 heavy (non-hydrogen) atoms. The Morgan fingerprint density at radius 2 is 1.81 bits per heavy atom. The van der Waals surface area contributed by atoms with Gasteiger partial charge in [0.1, 0.15) is 5.82 Å². The normalized spacial score (nSPS) is 21.9. The molecule has 0 unspecified atom stereocenters. The van der Waals surface area contributed by atoms with Crippen LogP contribution in [0.25, 0.3) is 0 Å². The molecule has 6 nitrogen and oxygen atoms in total. The smallest absolute Gasteiger partial charge is 0.228 e. The Labute approximate surface area is 161 Å². The third kappa shape index (κ3) is 4.62. The molecule has 2 aliphatic heterocycles. The number of hydrogen-bond donors (Lipinski definition) is 1. The summed E-state index contributed by atoms with van der Waals surface area (Å²) in [6.45, 7) is 8.07. The number of aryl methyl sites for hydroxylation is 2. The largest absolute Gasteiger partial charge is 0.381 e. The van der Waals surface area contributed by atoms with E-state index in [0.29, 0.717) is 17.9 Å². The maximum Gasteiger partial charge on any atom is 0.228 e. The molecule has 2 aromatic rings. The summed E-state index contributed by atoms with van der Waals surface area (Å²) in [5, 5.41) is 3.28. The Morgan fingerprint density at radius 3 is 2.59 bits per heavy atom. The Hall–Kier alpha value is -2.05. The van der Waals surface area contributed by atoms with Crippen LogP contribution in [-0.2, 0) is 4.74 Å². The molecule has 2 fully saturated rings. The maximum atomic E-state index is 5.53. The molecule has 0 bridgehead atoms. The molecule has 0 saturated carbocycles. The number of nitrogens with one attached hydrogen (secondary N) is 1. The minimum atomic E-state index is 0.489. The third-order valence-electron chi connectivity index (χ3n) is 5.57. The van der Waals surface area contributed by atoms with Gasteiger partial charge < -0.3 is 10.1 Å². The molecule has 0 radical (unpaired) electrons. The fraction of sp³-hybridized carbons (Fsp3) is 0.571. The molecule has 4 heterocycles. The Balaban J connectivity index is 1.46. The summed E-state index contributed by atoms with van der Waals surface area (Å²) in [4.78, 5) is 16.5. The van der Waals surface area contributed by atoms with E-state index in [0.717, 1.165) is 49.8 Å². The first kappa shape index (κ1) is 18.3. The predicted octanol–water partition coefficient (Wildman–Crippen LogP) is 3.59. The molecular formula is C21H29N5O. The van der Waals surface area contributed by atoms with Gasteiger partial charge in [-0.3, -0.25) is 4.90 Å². The minimum Gasteiger partial charge on any atom is -0.381 e. The average Bonchev–Trinajstić information content (AvgIpc) is 2.68. The van der Waals surface area contributed by atoms with E-state index in [-0.39, 0.29) is 0 Å². The van der Waals surface area contributed by atoms with E-state index in [4.69, 9.17) is 9.72 Å². The number of anilines is 2. The molecule has 0 spiro atoms. The van der Waals surface area contributed by atoms with Gasteiger partial charge in [0.05, 0.1) is 0 Å². The molecule has 2 aliphatic rings. The van der Waals surface area contributed by atoms with Crippen molar-refractivity contribution in [2.75, 3.05) is 31.6 Å². The van der Waals surface area contributed by atoms with Crippen molar-refractivity contribution >= 4 is 11.8 Å². The van der Waals surface area contributed by atoms with Crippen molar-refractivity contribution in [3.05, 3.63) is 41.3 Å². The zero-order valence-electron chi connectivity index (χ0n) is 16.3. The molecule has 1 atom stereocenters. The van der Waals surface area contributed by atoms with E-state index >= 15 is 0 Å². The highest BCUT2D eigenvalue weighted by molar-refractivity contribution is 5.48. The van der Waals surface area contributed by atoms with Crippen LogP contribution in [-0.4, -0.2) is 52.2 Å². The SMILES string of the molecule is Cc1cc(C)nc(Nc2cccc([C@@H]3CCCN(C4CCOCC4)C3)n2)n1. The lowest BCUT2D eigenvalue weighted by Gasteiger charge is -2.39. The summed E-state index contributed by atoms with van der Waals surface area (Å²) in [5.74, 6) is 1.92. The first-order chi connectivity index (χ1) is 13.2. The molecule has 2 aromatic heterocycles. The van der Waals surface area contributed by atoms with Crippen LogP contribution >= 0.6 is 0 Å². The molecular weight excluding hydrogens is 338 g/mol. The molecule has 0 aliphatic carbocycles. The molecule has 0 aromatic carbocycles. The Kier molecular flexibility index (Phi) is 5.64. The van der Waals surface area contributed by atoms with Crippen LogP contribution in [0.5, 0.6) is 0 Å². The van der Waals surface area contributed by atoms with Crippen molar-refractivity contribution in [2.45, 2.75) is 51.5 Å². The number of nitrogens with zero attached hydrogens (tertiary/aromatic N) is 4. The van der Waals surface area contributed by atoms with Crippen LogP contribution in [0.2, 0.25) is 0 Å². The van der Waals surface area contributed by atoms with Gasteiger partial charge in [0.2, 0.25) is 5.95 Å². The second-order valence-electron chi connectivity index (χ2n) is 7.72. The van der Waals surface area contributed by atoms with Gasteiger partial charge in [-0.15, -0.1) is 0 Å². The second kappa shape index (κ2) is 8.31. The Bertz CT molecular complexity index is 755. The van der Waals surface area contributed by atoms with Gasteiger partial charge in [-0.2, -0.15) is 0 Å². The summed E-state index contributed by atoms with van der Waals surface area (Å²) in [5.41, 5.74) is 3.09. The van der Waals surface area contributed by atoms with E-state index in [2.05, 4.69) is 32.3 Å². The zero-order valence-corrected chi connectivity index (χ0v) is 16.3. The number of likely N-dealkylation sites (tertiary alicyclic amines) is 1. The van der Waals surface area contributed by atoms with Gasteiger partial charge >= 0.3 is 0 Å². The highest BCUT2D eigenvalue weighted by atomic mass is 16.5. The van der Waals surface area contributed by atoms with Crippen LogP contribution in [0.3, 0.4) is 0 Å². The molecule has 2 saturated heterocycles. The minimum absolute atomic E-state index is 0.489. The number of ether oxygens (including phenoxy) is 1. The number of aromatic nitrogens is 3. The van der Waals surface area contributed by atoms with Crippen molar-refractivity contribution in [3.8, 4) is 0 Å². The van der Waals surface area contributed by atoms with Crippen molar-refractivity contribution in [3.63, 3.8) is 0 Å². The van der Waals surface area contributed by atoms with Gasteiger partial charge in [0.15, 0.2) is 0 Å². The average molecular weight is 367 g/mol. The number of piperidine rings is 1. The highest BCUT2D eigenvalue weighted by Crippen LogP contribution is 2.29. The van der Waals surface area contributed by atoms with E-state index in [1.165, 1.54) is 25.1 Å². The van der Waals surface area contributed by atoms with Crippen molar-refractivity contribution < 1.29 is 4.74 Å². The van der Waals surface area contributed by atoms with Crippen LogP contribution in [0.4, 0.5) is 11.8 Å². The highest BCUT2D eigenvalue weighted by Gasteiger charge is 2.28. The summed E-state index contributed by atoms with van der Waals surface area (Å²) in [6, 6.07) is 8.88. The van der Waals surface area contributed by atoms with E-state index < -0.39 is 0 Å². The van der Waals surface area contributed by atoms with E-state index in [9.17, 15) is 0 Å². The molecule has 0 amide bonds. The summed E-state index contributed by atoms with van der Waals surface area (Å²) < 4.78 is 5.53. The second-order valence-corrected chi connectivity index (χ2v) is 7.72. The predicted molar refractivity (Wildman–Crippen MR) is 106 cm³/mol. The quantitative estimate of drug-likeness (QED) is 0.891. The zero-order chi connectivity index (χ0) is 18.6. The third-order valence-corrected chi connectivity index (χ3v) is 5.57. The van der Waals surface area contributed by atoms with Crippen LogP contribution in [0, 0.1) is 13.8 Å². The van der Waals surface area contributed by atoms with Gasteiger partial charge in [-0.1, -0.05) is 6.07 Å². The van der Waals surface area contributed by atoms with Crippen LogP contribution in [0.1, 0.15) is 48.7 Å². The van der Waals surface area contributed by atoms with Crippen molar-refractivity contribution in [1.82, 2.24) is 19.9 Å². The topological polar surface area (TPSA) is 63.2 Å². The molecule has 1 N–H and O–H groups in total. The fourth-order valence-corrected chi connectivity index (χ4v) is 4.27. The van der Waals surface area contributed by atoms with Gasteiger partial charge in [-0.05, 0) is 64.3 Å². The maximum absolute atomic E-state index is 5.53. The fourth-order valence-electron chi connectivity index (χ4n) is 4.27. The lowest BCUT2D eigenvalue weighted by molar-refractivity contribution is 0.0238. The van der Waals surface area contributed by atoms with Gasteiger partial charge in [-0.25, -0.2) is 15.0 Å². The Morgan fingerprint density at radius 1 is 1.04 bits per heavy atom. The first-order valence-corrected chi connectivity index (χ1v) is 10.1. The molecule has 4 rings (SSSR count). The molecule has 144 valence electrons.